The molecular formula is C17H32N2O2S. The molecule has 22 heavy (non-hydrogen) atoms. The summed E-state index contributed by atoms with van der Waals surface area (Å²) in [6, 6.07) is 1.08. The third kappa shape index (κ3) is 5.05. The number of piperidine rings is 1. The molecule has 0 radical (unpaired) electrons. The van der Waals surface area contributed by atoms with Gasteiger partial charge in [-0.05, 0) is 58.6 Å². The van der Waals surface area contributed by atoms with E-state index in [0.29, 0.717) is 23.3 Å². The van der Waals surface area contributed by atoms with Crippen LogP contribution < -0.4 is 5.32 Å². The summed E-state index contributed by atoms with van der Waals surface area (Å²) < 4.78 is 5.52. The average Bonchev–Trinajstić information content (AvgIpc) is 2.82. The summed E-state index contributed by atoms with van der Waals surface area (Å²) in [5, 5.41) is 4.51. The van der Waals surface area contributed by atoms with Crippen LogP contribution in [0.25, 0.3) is 0 Å². The predicted octanol–water partition coefficient (Wildman–Crippen LogP) is 3.51. The molecule has 1 amide bonds. The van der Waals surface area contributed by atoms with Crippen molar-refractivity contribution in [1.29, 1.82) is 0 Å². The van der Waals surface area contributed by atoms with E-state index in [9.17, 15) is 4.79 Å². The van der Waals surface area contributed by atoms with Crippen molar-refractivity contribution in [2.75, 3.05) is 18.8 Å². The molecule has 4 nitrogen and oxygen atoms in total. The van der Waals surface area contributed by atoms with E-state index in [1.54, 1.807) is 0 Å². The Kier molecular flexibility index (Phi) is 6.06. The molecule has 0 aromatic heterocycles. The van der Waals surface area contributed by atoms with Gasteiger partial charge in [0.15, 0.2) is 0 Å². The Balaban J connectivity index is 1.85. The quantitative estimate of drug-likeness (QED) is 0.861. The van der Waals surface area contributed by atoms with Crippen molar-refractivity contribution in [3.05, 3.63) is 0 Å². The summed E-state index contributed by atoms with van der Waals surface area (Å²) in [4.78, 5) is 14.2. The molecule has 4 unspecified atom stereocenters. The highest BCUT2D eigenvalue weighted by molar-refractivity contribution is 8.00. The highest BCUT2D eigenvalue weighted by atomic mass is 32.2. The lowest BCUT2D eigenvalue weighted by Gasteiger charge is -2.38. The van der Waals surface area contributed by atoms with Crippen LogP contribution in [0.1, 0.15) is 53.9 Å². The zero-order valence-corrected chi connectivity index (χ0v) is 15.5. The van der Waals surface area contributed by atoms with Crippen LogP contribution in [-0.4, -0.2) is 52.8 Å². The van der Waals surface area contributed by atoms with Gasteiger partial charge in [0.1, 0.15) is 5.60 Å². The van der Waals surface area contributed by atoms with Crippen LogP contribution in [-0.2, 0) is 4.74 Å². The van der Waals surface area contributed by atoms with Gasteiger partial charge in [-0.15, -0.1) is 0 Å². The normalized spacial score (nSPS) is 31.1. The molecule has 1 N–H and O–H groups in total. The molecule has 128 valence electrons. The van der Waals surface area contributed by atoms with Crippen LogP contribution in [0.3, 0.4) is 0 Å². The number of nitrogens with one attached hydrogen (secondary N) is 1. The first-order chi connectivity index (χ1) is 10.3. The number of nitrogens with zero attached hydrogens (tertiary/aromatic N) is 1. The summed E-state index contributed by atoms with van der Waals surface area (Å²) in [6.45, 7) is 12.0. The fourth-order valence-corrected chi connectivity index (χ4v) is 4.54. The van der Waals surface area contributed by atoms with Gasteiger partial charge in [0.05, 0.1) is 0 Å². The molecule has 0 bridgehead atoms. The third-order valence-corrected chi connectivity index (χ3v) is 6.00. The number of carbonyl (C=O) groups excluding carboxylic acids is 1. The van der Waals surface area contributed by atoms with E-state index in [0.717, 1.165) is 19.5 Å². The Bertz CT molecular complexity index is 383. The second-order valence-corrected chi connectivity index (χ2v) is 9.24. The lowest BCUT2D eigenvalue weighted by Crippen LogP contribution is -2.50. The van der Waals surface area contributed by atoms with E-state index < -0.39 is 5.60 Å². The van der Waals surface area contributed by atoms with Crippen LogP contribution in [0, 0.1) is 5.92 Å². The lowest BCUT2D eigenvalue weighted by molar-refractivity contribution is 0.0146. The van der Waals surface area contributed by atoms with Crippen LogP contribution in [0.4, 0.5) is 4.79 Å². The average molecular weight is 329 g/mol. The molecule has 0 aromatic carbocycles. The number of rotatable bonds is 3. The topological polar surface area (TPSA) is 41.6 Å². The van der Waals surface area contributed by atoms with Crippen molar-refractivity contribution in [2.45, 2.75) is 76.8 Å². The van der Waals surface area contributed by atoms with Crippen LogP contribution in [0.2, 0.25) is 0 Å². The van der Waals surface area contributed by atoms with Crippen molar-refractivity contribution in [2.24, 2.45) is 5.92 Å². The first-order valence-electron chi connectivity index (χ1n) is 8.62. The van der Waals surface area contributed by atoms with Crippen molar-refractivity contribution in [1.82, 2.24) is 10.2 Å². The Morgan fingerprint density at radius 3 is 2.68 bits per heavy atom. The first kappa shape index (κ1) is 17.9. The van der Waals surface area contributed by atoms with Crippen LogP contribution in [0.15, 0.2) is 0 Å². The maximum absolute atomic E-state index is 12.3. The molecule has 2 heterocycles. The summed E-state index contributed by atoms with van der Waals surface area (Å²) in [5.41, 5.74) is -0.412. The minimum Gasteiger partial charge on any atom is -0.444 e. The van der Waals surface area contributed by atoms with Crippen molar-refractivity contribution in [3.63, 3.8) is 0 Å². The van der Waals surface area contributed by atoms with E-state index >= 15 is 0 Å². The minimum atomic E-state index is -0.412. The van der Waals surface area contributed by atoms with Crippen molar-refractivity contribution >= 4 is 17.9 Å². The Hall–Kier alpha value is -0.420. The van der Waals surface area contributed by atoms with Crippen molar-refractivity contribution in [3.8, 4) is 0 Å². The molecule has 0 saturated carbocycles. The first-order valence-corrected chi connectivity index (χ1v) is 9.67. The number of hydrogen-bond donors (Lipinski definition) is 1. The zero-order chi connectivity index (χ0) is 16.3. The Morgan fingerprint density at radius 2 is 2.09 bits per heavy atom. The monoisotopic (exact) mass is 328 g/mol. The van der Waals surface area contributed by atoms with Crippen molar-refractivity contribution < 1.29 is 9.53 Å². The maximum Gasteiger partial charge on any atom is 0.410 e. The SMILES string of the molecule is CC(NC1CCSC1C)C1CCCN(C(=O)OC(C)(C)C)C1. The second-order valence-electron chi connectivity index (χ2n) is 7.76. The largest absolute Gasteiger partial charge is 0.444 e. The predicted molar refractivity (Wildman–Crippen MR) is 93.5 cm³/mol. The summed E-state index contributed by atoms with van der Waals surface area (Å²) in [6.07, 6.45) is 3.37. The summed E-state index contributed by atoms with van der Waals surface area (Å²) in [5.74, 6) is 1.79. The molecule has 0 aromatic rings. The second kappa shape index (κ2) is 7.43. The number of likely N-dealkylation sites (tertiary alicyclic amines) is 1. The van der Waals surface area contributed by atoms with E-state index in [1.165, 1.54) is 18.6 Å². The van der Waals surface area contributed by atoms with E-state index in [-0.39, 0.29) is 6.09 Å². The third-order valence-electron chi connectivity index (χ3n) is 4.67. The molecule has 2 fully saturated rings. The van der Waals surface area contributed by atoms with E-state index in [1.807, 2.05) is 25.7 Å². The molecule has 5 heteroatoms. The van der Waals surface area contributed by atoms with Gasteiger partial charge in [-0.3, -0.25) is 0 Å². The molecule has 2 saturated heterocycles. The van der Waals surface area contributed by atoms with Gasteiger partial charge in [0.2, 0.25) is 0 Å². The molecule has 0 aliphatic carbocycles. The van der Waals surface area contributed by atoms with Gasteiger partial charge < -0.3 is 15.0 Å². The highest BCUT2D eigenvalue weighted by Crippen LogP contribution is 2.28. The minimum absolute atomic E-state index is 0.158. The van der Waals surface area contributed by atoms with Gasteiger partial charge >= 0.3 is 6.09 Å². The molecule has 4 atom stereocenters. The standard InChI is InChI=1S/C17H32N2O2S/c1-12(18-15-8-10-22-13(15)2)14-7-6-9-19(11-14)16(20)21-17(3,4)5/h12-15,18H,6-11H2,1-5H3. The number of ether oxygens (including phenoxy) is 1. The van der Waals surface area contributed by atoms with E-state index in [2.05, 4.69) is 30.9 Å². The Labute approximate surface area is 139 Å². The van der Waals surface area contributed by atoms with Crippen LogP contribution >= 0.6 is 11.8 Å². The fourth-order valence-electron chi connectivity index (χ4n) is 3.33. The molecule has 2 aliphatic rings. The summed E-state index contributed by atoms with van der Waals surface area (Å²) in [7, 11) is 0. The molecule has 2 aliphatic heterocycles. The highest BCUT2D eigenvalue weighted by Gasteiger charge is 2.32. The van der Waals surface area contributed by atoms with Gasteiger partial charge in [0.25, 0.3) is 0 Å². The zero-order valence-electron chi connectivity index (χ0n) is 14.7. The number of amides is 1. The fraction of sp³-hybridized carbons (Fsp3) is 0.941. The van der Waals surface area contributed by atoms with Gasteiger partial charge in [-0.25, -0.2) is 4.79 Å². The molecule has 0 spiro atoms. The number of hydrogen-bond acceptors (Lipinski definition) is 4. The Morgan fingerprint density at radius 1 is 1.36 bits per heavy atom. The number of thioether (sulfide) groups is 1. The smallest absolute Gasteiger partial charge is 0.410 e. The lowest BCUT2D eigenvalue weighted by atomic mass is 9.91. The molecular weight excluding hydrogens is 296 g/mol. The number of carbonyl (C=O) groups is 1. The van der Waals surface area contributed by atoms with Crippen LogP contribution in [0.5, 0.6) is 0 Å². The van der Waals surface area contributed by atoms with E-state index in [4.69, 9.17) is 4.74 Å². The van der Waals surface area contributed by atoms with Gasteiger partial charge in [-0.2, -0.15) is 11.8 Å². The molecule has 2 rings (SSSR count). The maximum atomic E-state index is 12.3. The van der Waals surface area contributed by atoms with Gasteiger partial charge in [-0.1, -0.05) is 6.92 Å². The summed E-state index contributed by atoms with van der Waals surface area (Å²) >= 11 is 2.06. The van der Waals surface area contributed by atoms with Gasteiger partial charge in [0, 0.05) is 30.4 Å².